The Morgan fingerprint density at radius 1 is 1.33 bits per heavy atom. The standard InChI is InChI=1S/C19H19BrN6O/c1-27-18-12(9-21)10-22-19(25-18)24-13-4-2-5-14(8-13)26-11-23-17-15(20)6-3-7-16(17)26/h3,6-7,10-11,13-14H,2,4-5,8H2,1H3,(H,22,24,25)/t13-,14+/m1/s1. The number of nitriles is 1. The molecule has 27 heavy (non-hydrogen) atoms. The molecular weight excluding hydrogens is 408 g/mol. The Hall–Kier alpha value is -2.66. The first-order valence-electron chi connectivity index (χ1n) is 8.88. The molecular formula is C19H19BrN6O. The molecule has 7 nitrogen and oxygen atoms in total. The number of imidazole rings is 1. The summed E-state index contributed by atoms with van der Waals surface area (Å²) in [5, 5.41) is 12.5. The molecule has 0 radical (unpaired) electrons. The minimum Gasteiger partial charge on any atom is -0.480 e. The third-order valence-corrected chi connectivity index (χ3v) is 5.64. The van der Waals surface area contributed by atoms with Crippen LogP contribution in [-0.2, 0) is 0 Å². The molecule has 0 saturated heterocycles. The van der Waals surface area contributed by atoms with Gasteiger partial charge in [-0.3, -0.25) is 0 Å². The predicted molar refractivity (Wildman–Crippen MR) is 106 cm³/mol. The molecule has 4 rings (SSSR count). The molecule has 1 N–H and O–H groups in total. The van der Waals surface area contributed by atoms with Crippen molar-refractivity contribution in [2.45, 2.75) is 37.8 Å². The van der Waals surface area contributed by atoms with Gasteiger partial charge < -0.3 is 14.6 Å². The number of halogens is 1. The summed E-state index contributed by atoms with van der Waals surface area (Å²) < 4.78 is 8.46. The maximum Gasteiger partial charge on any atom is 0.236 e. The first-order chi connectivity index (χ1) is 13.2. The molecule has 0 spiro atoms. The Labute approximate surface area is 165 Å². The number of rotatable bonds is 4. The number of nitrogens with one attached hydrogen (secondary N) is 1. The summed E-state index contributed by atoms with van der Waals surface area (Å²) in [6, 6.07) is 8.83. The van der Waals surface area contributed by atoms with Crippen LogP contribution in [0.4, 0.5) is 5.95 Å². The van der Waals surface area contributed by atoms with Gasteiger partial charge in [0.1, 0.15) is 17.1 Å². The molecule has 1 fully saturated rings. The van der Waals surface area contributed by atoms with Crippen LogP contribution in [0.2, 0.25) is 0 Å². The van der Waals surface area contributed by atoms with Crippen molar-refractivity contribution in [3.05, 3.63) is 40.8 Å². The highest BCUT2D eigenvalue weighted by Gasteiger charge is 2.25. The van der Waals surface area contributed by atoms with Crippen molar-refractivity contribution < 1.29 is 4.74 Å². The van der Waals surface area contributed by atoms with Gasteiger partial charge in [0.2, 0.25) is 11.8 Å². The fraction of sp³-hybridized carbons (Fsp3) is 0.368. The summed E-state index contributed by atoms with van der Waals surface area (Å²) in [6.45, 7) is 0. The largest absolute Gasteiger partial charge is 0.480 e. The van der Waals surface area contributed by atoms with Gasteiger partial charge in [-0.1, -0.05) is 6.07 Å². The predicted octanol–water partition coefficient (Wildman–Crippen LogP) is 4.06. The lowest BCUT2D eigenvalue weighted by molar-refractivity contribution is 0.336. The maximum atomic E-state index is 9.07. The van der Waals surface area contributed by atoms with E-state index < -0.39 is 0 Å². The highest BCUT2D eigenvalue weighted by molar-refractivity contribution is 9.10. The van der Waals surface area contributed by atoms with Gasteiger partial charge in [0, 0.05) is 16.6 Å². The van der Waals surface area contributed by atoms with Gasteiger partial charge >= 0.3 is 0 Å². The topological polar surface area (TPSA) is 88.7 Å². The van der Waals surface area contributed by atoms with Crippen LogP contribution in [0, 0.1) is 11.3 Å². The third kappa shape index (κ3) is 3.47. The molecule has 1 saturated carbocycles. The number of para-hydroxylation sites is 1. The van der Waals surface area contributed by atoms with Gasteiger partial charge in [0.15, 0.2) is 0 Å². The van der Waals surface area contributed by atoms with Crippen LogP contribution >= 0.6 is 15.9 Å². The second-order valence-electron chi connectivity index (χ2n) is 6.65. The lowest BCUT2D eigenvalue weighted by Crippen LogP contribution is -2.29. The number of hydrogen-bond acceptors (Lipinski definition) is 6. The smallest absolute Gasteiger partial charge is 0.236 e. The van der Waals surface area contributed by atoms with E-state index in [9.17, 15) is 0 Å². The fourth-order valence-electron chi connectivity index (χ4n) is 3.71. The number of hydrogen-bond donors (Lipinski definition) is 1. The van der Waals surface area contributed by atoms with Gasteiger partial charge in [-0.25, -0.2) is 9.97 Å². The molecule has 2 atom stereocenters. The van der Waals surface area contributed by atoms with Gasteiger partial charge in [-0.05, 0) is 53.7 Å². The Bertz CT molecular complexity index is 1010. The molecule has 8 heteroatoms. The molecule has 1 aliphatic rings. The molecule has 1 aliphatic carbocycles. The molecule has 0 bridgehead atoms. The summed E-state index contributed by atoms with van der Waals surface area (Å²) in [4.78, 5) is 13.1. The van der Waals surface area contributed by atoms with Crippen molar-refractivity contribution in [3.8, 4) is 11.9 Å². The van der Waals surface area contributed by atoms with E-state index in [4.69, 9.17) is 10.00 Å². The number of fused-ring (bicyclic) bond motifs is 1. The summed E-state index contributed by atoms with van der Waals surface area (Å²) in [6.07, 6.45) is 7.68. The number of methoxy groups -OCH3 is 1. The Kier molecular flexibility index (Phi) is 4.94. The second-order valence-corrected chi connectivity index (χ2v) is 7.50. The monoisotopic (exact) mass is 426 g/mol. The number of benzene rings is 1. The van der Waals surface area contributed by atoms with Crippen LogP contribution in [-0.4, -0.2) is 32.7 Å². The number of aromatic nitrogens is 4. The van der Waals surface area contributed by atoms with E-state index in [-0.39, 0.29) is 6.04 Å². The average Bonchev–Trinajstić information content (AvgIpc) is 3.13. The maximum absolute atomic E-state index is 9.07. The van der Waals surface area contributed by atoms with E-state index in [1.165, 1.54) is 13.3 Å². The van der Waals surface area contributed by atoms with Crippen molar-refractivity contribution in [1.82, 2.24) is 19.5 Å². The summed E-state index contributed by atoms with van der Waals surface area (Å²) in [5.74, 6) is 0.794. The number of nitrogens with zero attached hydrogens (tertiary/aromatic N) is 5. The van der Waals surface area contributed by atoms with Crippen molar-refractivity contribution in [2.24, 2.45) is 0 Å². The quantitative estimate of drug-likeness (QED) is 0.676. The zero-order chi connectivity index (χ0) is 18.8. The van der Waals surface area contributed by atoms with Crippen LogP contribution in [0.25, 0.3) is 11.0 Å². The third-order valence-electron chi connectivity index (χ3n) is 5.00. The molecule has 2 aromatic heterocycles. The van der Waals surface area contributed by atoms with Crippen LogP contribution < -0.4 is 10.1 Å². The minimum absolute atomic E-state index is 0.256. The first kappa shape index (κ1) is 17.7. The first-order valence-corrected chi connectivity index (χ1v) is 9.67. The van der Waals surface area contributed by atoms with Crippen LogP contribution in [0.1, 0.15) is 37.3 Å². The van der Waals surface area contributed by atoms with E-state index in [1.54, 1.807) is 0 Å². The lowest BCUT2D eigenvalue weighted by atomic mass is 9.90. The zero-order valence-corrected chi connectivity index (χ0v) is 16.5. The molecule has 3 aromatic rings. The van der Waals surface area contributed by atoms with E-state index in [2.05, 4.69) is 46.8 Å². The summed E-state index contributed by atoms with van der Waals surface area (Å²) in [5.41, 5.74) is 2.47. The second kappa shape index (κ2) is 7.53. The Morgan fingerprint density at radius 3 is 3.04 bits per heavy atom. The summed E-state index contributed by atoms with van der Waals surface area (Å²) >= 11 is 3.58. The highest BCUT2D eigenvalue weighted by Crippen LogP contribution is 2.33. The number of ether oxygens (including phenoxy) is 1. The van der Waals surface area contributed by atoms with Crippen LogP contribution in [0.15, 0.2) is 35.2 Å². The zero-order valence-electron chi connectivity index (χ0n) is 14.9. The van der Waals surface area contributed by atoms with Crippen molar-refractivity contribution in [1.29, 1.82) is 5.26 Å². The minimum atomic E-state index is 0.256. The normalized spacial score (nSPS) is 19.6. The van der Waals surface area contributed by atoms with Crippen molar-refractivity contribution in [2.75, 3.05) is 12.4 Å². The summed E-state index contributed by atoms with van der Waals surface area (Å²) in [7, 11) is 1.51. The average molecular weight is 427 g/mol. The van der Waals surface area contributed by atoms with Crippen molar-refractivity contribution in [3.63, 3.8) is 0 Å². The molecule has 0 aliphatic heterocycles. The lowest BCUT2D eigenvalue weighted by Gasteiger charge is -2.31. The molecule has 0 unspecified atom stereocenters. The van der Waals surface area contributed by atoms with Gasteiger partial charge in [0.05, 0.1) is 25.2 Å². The molecule has 2 heterocycles. The van der Waals surface area contributed by atoms with Gasteiger partial charge in [-0.2, -0.15) is 10.2 Å². The highest BCUT2D eigenvalue weighted by atomic mass is 79.9. The van der Waals surface area contributed by atoms with Crippen LogP contribution in [0.3, 0.4) is 0 Å². The van der Waals surface area contributed by atoms with Gasteiger partial charge in [-0.15, -0.1) is 0 Å². The number of anilines is 1. The van der Waals surface area contributed by atoms with E-state index in [0.717, 1.165) is 41.2 Å². The molecule has 138 valence electrons. The Balaban J connectivity index is 1.53. The SMILES string of the molecule is COc1nc(N[C@@H]2CCC[C@H](n3cnc4c(Br)cccc43)C2)ncc1C#N. The molecule has 1 aromatic carbocycles. The van der Waals surface area contributed by atoms with Crippen molar-refractivity contribution >= 4 is 32.9 Å². The van der Waals surface area contributed by atoms with E-state index >= 15 is 0 Å². The van der Waals surface area contributed by atoms with E-state index in [1.807, 2.05) is 24.5 Å². The fourth-order valence-corrected chi connectivity index (χ4v) is 4.17. The van der Waals surface area contributed by atoms with Crippen LogP contribution in [0.5, 0.6) is 5.88 Å². The van der Waals surface area contributed by atoms with Gasteiger partial charge in [0.25, 0.3) is 0 Å². The Morgan fingerprint density at radius 2 is 2.22 bits per heavy atom. The van der Waals surface area contributed by atoms with E-state index in [0.29, 0.717) is 23.4 Å². The molecule has 0 amide bonds.